The maximum Gasteiger partial charge on any atom is 0.295 e. The van der Waals surface area contributed by atoms with Gasteiger partial charge in [0.25, 0.3) is 11.7 Å². The van der Waals surface area contributed by atoms with Crippen LogP contribution in [-0.2, 0) is 9.59 Å². The van der Waals surface area contributed by atoms with Gasteiger partial charge in [0, 0.05) is 18.7 Å². The number of ether oxygens (including phenoxy) is 1. The predicted molar refractivity (Wildman–Crippen MR) is 121 cm³/mol. The van der Waals surface area contributed by atoms with Gasteiger partial charge in [-0.1, -0.05) is 55.8 Å². The maximum atomic E-state index is 13.1. The van der Waals surface area contributed by atoms with Gasteiger partial charge in [0.1, 0.15) is 11.5 Å². The van der Waals surface area contributed by atoms with Gasteiger partial charge >= 0.3 is 0 Å². The molecule has 1 N–H and O–H groups in total. The summed E-state index contributed by atoms with van der Waals surface area (Å²) in [6.07, 6.45) is 0. The Bertz CT molecular complexity index is 977. The molecule has 1 unspecified atom stereocenters. The number of nitrogens with zero attached hydrogens (tertiary/aromatic N) is 2. The molecule has 1 fully saturated rings. The Morgan fingerprint density at radius 2 is 1.77 bits per heavy atom. The van der Waals surface area contributed by atoms with Crippen LogP contribution in [0.4, 0.5) is 0 Å². The number of rotatable bonds is 8. The van der Waals surface area contributed by atoms with E-state index in [1.165, 1.54) is 7.11 Å². The molecule has 1 aliphatic heterocycles. The summed E-state index contributed by atoms with van der Waals surface area (Å²) in [5.41, 5.74) is 2.44. The molecule has 1 aliphatic rings. The van der Waals surface area contributed by atoms with Crippen LogP contribution >= 0.6 is 0 Å². The molecular formula is C25H30N2O4. The molecule has 1 heterocycles. The largest absolute Gasteiger partial charge is 0.507 e. The molecule has 31 heavy (non-hydrogen) atoms. The number of carbonyl (C=O) groups excluding carboxylic acids is 2. The number of likely N-dealkylation sites (tertiary alicyclic amines) is 1. The number of amides is 1. The summed E-state index contributed by atoms with van der Waals surface area (Å²) in [6.45, 7) is 8.90. The van der Waals surface area contributed by atoms with E-state index in [4.69, 9.17) is 4.74 Å². The van der Waals surface area contributed by atoms with Gasteiger partial charge in [0.15, 0.2) is 0 Å². The number of Topliss-reactive ketones (excluding diaryl/α,β-unsaturated/α-hetero) is 1. The number of aliphatic hydroxyl groups excluding tert-OH is 1. The van der Waals surface area contributed by atoms with Crippen molar-refractivity contribution in [2.75, 3.05) is 33.3 Å². The van der Waals surface area contributed by atoms with Gasteiger partial charge in [0.2, 0.25) is 0 Å². The first-order valence-electron chi connectivity index (χ1n) is 10.6. The van der Waals surface area contributed by atoms with Crippen molar-refractivity contribution in [2.45, 2.75) is 26.8 Å². The van der Waals surface area contributed by atoms with Crippen molar-refractivity contribution in [3.05, 3.63) is 70.8 Å². The van der Waals surface area contributed by atoms with Crippen molar-refractivity contribution < 1.29 is 19.4 Å². The van der Waals surface area contributed by atoms with Gasteiger partial charge in [-0.15, -0.1) is 0 Å². The molecule has 0 bridgehead atoms. The Morgan fingerprint density at radius 3 is 2.39 bits per heavy atom. The number of hydrogen-bond donors (Lipinski definition) is 1. The van der Waals surface area contributed by atoms with Crippen LogP contribution in [0.15, 0.2) is 54.1 Å². The number of aliphatic hydroxyl groups is 1. The van der Waals surface area contributed by atoms with Gasteiger partial charge in [0.05, 0.1) is 18.7 Å². The van der Waals surface area contributed by atoms with Crippen LogP contribution < -0.4 is 4.74 Å². The predicted octanol–water partition coefficient (Wildman–Crippen LogP) is 3.77. The molecule has 0 aromatic heterocycles. The number of hydrogen-bond acceptors (Lipinski definition) is 5. The molecule has 0 saturated carbocycles. The zero-order chi connectivity index (χ0) is 22.5. The number of likely N-dealkylation sites (N-methyl/N-ethyl adjacent to an activating group) is 1. The summed E-state index contributed by atoms with van der Waals surface area (Å²) in [5, 5.41) is 11.1. The fraction of sp³-hybridized carbons (Fsp3) is 0.360. The minimum absolute atomic E-state index is 0.113. The minimum Gasteiger partial charge on any atom is -0.507 e. The van der Waals surface area contributed by atoms with Crippen LogP contribution in [0.5, 0.6) is 5.75 Å². The summed E-state index contributed by atoms with van der Waals surface area (Å²) in [5.74, 6) is -0.868. The SMILES string of the molecule is CCN(CC)CCN1C(=O)C(=O)C(=C(O)c2cccc(OC)c2)C1c1ccc(C)cc1. The van der Waals surface area contributed by atoms with Crippen LogP contribution in [0.1, 0.15) is 36.6 Å². The average molecular weight is 423 g/mol. The second-order valence-electron chi connectivity index (χ2n) is 7.66. The molecule has 164 valence electrons. The number of ketones is 1. The Labute approximate surface area is 183 Å². The number of benzene rings is 2. The molecule has 6 heteroatoms. The van der Waals surface area contributed by atoms with Crippen LogP contribution in [-0.4, -0.2) is 59.9 Å². The highest BCUT2D eigenvalue weighted by molar-refractivity contribution is 6.46. The fourth-order valence-corrected chi connectivity index (χ4v) is 3.92. The summed E-state index contributed by atoms with van der Waals surface area (Å²) in [7, 11) is 1.54. The first-order valence-corrected chi connectivity index (χ1v) is 10.6. The Morgan fingerprint density at radius 1 is 1.10 bits per heavy atom. The van der Waals surface area contributed by atoms with E-state index in [1.54, 1.807) is 29.2 Å². The summed E-state index contributed by atoms with van der Waals surface area (Å²) >= 11 is 0. The third kappa shape index (κ3) is 4.64. The van der Waals surface area contributed by atoms with Crippen LogP contribution in [0.25, 0.3) is 5.76 Å². The molecule has 2 aromatic carbocycles. The van der Waals surface area contributed by atoms with Gasteiger partial charge < -0.3 is 19.6 Å². The molecule has 0 aliphatic carbocycles. The maximum absolute atomic E-state index is 13.1. The fourth-order valence-electron chi connectivity index (χ4n) is 3.92. The topological polar surface area (TPSA) is 70.1 Å². The van der Waals surface area contributed by atoms with Gasteiger partial charge in [-0.2, -0.15) is 0 Å². The molecule has 0 spiro atoms. The lowest BCUT2D eigenvalue weighted by molar-refractivity contribution is -0.140. The Hall–Kier alpha value is -3.12. The Kier molecular flexibility index (Phi) is 7.13. The van der Waals surface area contributed by atoms with E-state index in [9.17, 15) is 14.7 Å². The second-order valence-corrected chi connectivity index (χ2v) is 7.66. The zero-order valence-corrected chi connectivity index (χ0v) is 18.6. The van der Waals surface area contributed by atoms with E-state index in [0.29, 0.717) is 24.4 Å². The number of carbonyl (C=O) groups is 2. The molecule has 2 aromatic rings. The minimum atomic E-state index is -0.662. The van der Waals surface area contributed by atoms with Crippen LogP contribution in [0.3, 0.4) is 0 Å². The van der Waals surface area contributed by atoms with Crippen molar-refractivity contribution in [3.63, 3.8) is 0 Å². The summed E-state index contributed by atoms with van der Waals surface area (Å²) in [4.78, 5) is 29.9. The zero-order valence-electron chi connectivity index (χ0n) is 18.6. The first kappa shape index (κ1) is 22.6. The molecule has 0 radical (unpaired) electrons. The van der Waals surface area contributed by atoms with Gasteiger partial charge in [-0.05, 0) is 37.7 Å². The normalized spacial score (nSPS) is 18.1. The van der Waals surface area contributed by atoms with Crippen LogP contribution in [0, 0.1) is 6.92 Å². The highest BCUT2D eigenvalue weighted by Gasteiger charge is 2.45. The second kappa shape index (κ2) is 9.79. The monoisotopic (exact) mass is 422 g/mol. The van der Waals surface area contributed by atoms with Gasteiger partial charge in [-0.3, -0.25) is 9.59 Å². The Balaban J connectivity index is 2.10. The average Bonchev–Trinajstić information content (AvgIpc) is 3.04. The van der Waals surface area contributed by atoms with Crippen molar-refractivity contribution in [1.82, 2.24) is 9.80 Å². The molecule has 1 saturated heterocycles. The van der Waals surface area contributed by atoms with Gasteiger partial charge in [-0.25, -0.2) is 0 Å². The van der Waals surface area contributed by atoms with Crippen LogP contribution in [0.2, 0.25) is 0 Å². The summed E-state index contributed by atoms with van der Waals surface area (Å²) < 4.78 is 5.25. The lowest BCUT2D eigenvalue weighted by Gasteiger charge is -2.28. The highest BCUT2D eigenvalue weighted by Crippen LogP contribution is 2.39. The molecule has 1 atom stereocenters. The smallest absolute Gasteiger partial charge is 0.295 e. The van der Waals surface area contributed by atoms with E-state index < -0.39 is 17.7 Å². The molecule has 6 nitrogen and oxygen atoms in total. The lowest BCUT2D eigenvalue weighted by Crippen LogP contribution is -2.38. The lowest BCUT2D eigenvalue weighted by atomic mass is 9.94. The summed E-state index contributed by atoms with van der Waals surface area (Å²) in [6, 6.07) is 13.9. The number of aryl methyl sites for hydroxylation is 1. The quantitative estimate of drug-likeness (QED) is 0.398. The van der Waals surface area contributed by atoms with E-state index in [2.05, 4.69) is 18.7 Å². The van der Waals surface area contributed by atoms with E-state index in [-0.39, 0.29) is 11.3 Å². The van der Waals surface area contributed by atoms with E-state index in [0.717, 1.165) is 24.2 Å². The molecular weight excluding hydrogens is 392 g/mol. The van der Waals surface area contributed by atoms with E-state index in [1.807, 2.05) is 31.2 Å². The number of methoxy groups -OCH3 is 1. The highest BCUT2D eigenvalue weighted by atomic mass is 16.5. The van der Waals surface area contributed by atoms with Crippen molar-refractivity contribution in [3.8, 4) is 5.75 Å². The molecule has 1 amide bonds. The van der Waals surface area contributed by atoms with Crippen molar-refractivity contribution in [1.29, 1.82) is 0 Å². The van der Waals surface area contributed by atoms with Crippen molar-refractivity contribution >= 4 is 17.4 Å². The third-order valence-corrected chi connectivity index (χ3v) is 5.83. The molecule has 3 rings (SSSR count). The third-order valence-electron chi connectivity index (χ3n) is 5.83. The standard InChI is InChI=1S/C25H30N2O4/c1-5-26(6-2)14-15-27-22(18-12-10-17(3)11-13-18)21(24(29)25(27)30)23(28)19-8-7-9-20(16-19)31-4/h7-13,16,22,28H,5-6,14-15H2,1-4H3. The first-order chi connectivity index (χ1) is 14.9. The van der Waals surface area contributed by atoms with E-state index >= 15 is 0 Å². The van der Waals surface area contributed by atoms with Crippen molar-refractivity contribution in [2.24, 2.45) is 0 Å².